The van der Waals surface area contributed by atoms with Gasteiger partial charge in [-0.2, -0.15) is 13.2 Å². The zero-order valence-corrected chi connectivity index (χ0v) is 21.4. The number of aromatic amines is 1. The Kier molecular flexibility index (Phi) is 7.39. The molecule has 0 spiro atoms. The molecule has 3 heterocycles. The maximum atomic E-state index is 15.7. The normalized spacial score (nSPS) is 24.7. The van der Waals surface area contributed by atoms with E-state index in [1.807, 2.05) is 25.1 Å². The highest BCUT2D eigenvalue weighted by Gasteiger charge is 2.44. The highest BCUT2D eigenvalue weighted by Crippen LogP contribution is 2.44. The highest BCUT2D eigenvalue weighted by molar-refractivity contribution is 5.85. The summed E-state index contributed by atoms with van der Waals surface area (Å²) in [5.74, 6) is -1.80. The number of alkyl halides is 4. The van der Waals surface area contributed by atoms with Crippen LogP contribution in [0, 0.1) is 11.6 Å². The summed E-state index contributed by atoms with van der Waals surface area (Å²) in [5.41, 5.74) is 1.72. The van der Waals surface area contributed by atoms with Gasteiger partial charge in [0.05, 0.1) is 19.3 Å². The Labute approximate surface area is 218 Å². The smallest absolute Gasteiger partial charge is 0.381 e. The van der Waals surface area contributed by atoms with Gasteiger partial charge in [0.2, 0.25) is 0 Å². The molecular weight excluding hydrogens is 506 g/mol. The highest BCUT2D eigenvalue weighted by atomic mass is 19.4. The lowest BCUT2D eigenvalue weighted by molar-refractivity contribution is -0.155. The lowest BCUT2D eigenvalue weighted by Crippen LogP contribution is -2.47. The largest absolute Gasteiger partial charge is 0.401 e. The number of aromatic nitrogens is 1. The third kappa shape index (κ3) is 5.25. The Hall–Kier alpha value is -2.72. The second-order valence-electron chi connectivity index (χ2n) is 10.6. The third-order valence-electron chi connectivity index (χ3n) is 7.89. The fourth-order valence-electron chi connectivity index (χ4n) is 6.21. The van der Waals surface area contributed by atoms with Crippen molar-refractivity contribution in [3.8, 4) is 0 Å². The summed E-state index contributed by atoms with van der Waals surface area (Å²) in [6.45, 7) is 3.22. The van der Waals surface area contributed by atoms with Crippen LogP contribution in [0.1, 0.15) is 49.6 Å². The van der Waals surface area contributed by atoms with Crippen LogP contribution in [0.2, 0.25) is 0 Å². The number of rotatable bonds is 7. The summed E-state index contributed by atoms with van der Waals surface area (Å²) in [4.78, 5) is 6.43. The molecule has 1 saturated heterocycles. The van der Waals surface area contributed by atoms with E-state index in [-0.39, 0.29) is 17.8 Å². The van der Waals surface area contributed by atoms with Gasteiger partial charge in [-0.25, -0.2) is 8.78 Å². The van der Waals surface area contributed by atoms with Crippen LogP contribution in [0.5, 0.6) is 0 Å². The number of hydrogen-bond acceptors (Lipinski definition) is 3. The maximum absolute atomic E-state index is 15.7. The van der Waals surface area contributed by atoms with Gasteiger partial charge in [-0.3, -0.25) is 14.2 Å². The summed E-state index contributed by atoms with van der Waals surface area (Å²) in [6.07, 6.45) is -3.06. The quantitative estimate of drug-likeness (QED) is 0.334. The van der Waals surface area contributed by atoms with Gasteiger partial charge in [-0.15, -0.1) is 0 Å². The molecule has 4 nitrogen and oxygen atoms in total. The van der Waals surface area contributed by atoms with E-state index in [4.69, 9.17) is 0 Å². The molecule has 2 aromatic carbocycles. The van der Waals surface area contributed by atoms with Crippen LogP contribution in [0.15, 0.2) is 36.4 Å². The Morgan fingerprint density at radius 1 is 1.05 bits per heavy atom. The predicted octanol–water partition coefficient (Wildman–Crippen LogP) is 6.58. The fraction of sp³-hybridized carbons (Fsp3) is 0.500. The molecule has 3 aromatic rings. The molecule has 0 saturated carbocycles. The third-order valence-corrected chi connectivity index (χ3v) is 7.89. The molecule has 4 atom stereocenters. The molecule has 0 radical (unpaired) electrons. The van der Waals surface area contributed by atoms with Gasteiger partial charge in [0.25, 0.3) is 0 Å². The van der Waals surface area contributed by atoms with Crippen molar-refractivity contribution < 1.29 is 26.3 Å². The van der Waals surface area contributed by atoms with E-state index >= 15 is 8.78 Å². The lowest BCUT2D eigenvalue weighted by atomic mass is 9.88. The maximum Gasteiger partial charge on any atom is 0.401 e. The van der Waals surface area contributed by atoms with E-state index in [0.29, 0.717) is 31.6 Å². The fourth-order valence-corrected chi connectivity index (χ4v) is 6.21. The number of anilines is 1. The van der Waals surface area contributed by atoms with Crippen molar-refractivity contribution in [3.05, 3.63) is 64.9 Å². The molecule has 2 aliphatic heterocycles. The summed E-state index contributed by atoms with van der Waals surface area (Å²) in [6, 6.07) is 7.92. The molecule has 2 N–H and O–H groups in total. The van der Waals surface area contributed by atoms with E-state index in [1.54, 1.807) is 13.0 Å². The topological polar surface area (TPSA) is 34.3 Å². The minimum Gasteiger partial charge on any atom is -0.381 e. The molecule has 1 aromatic heterocycles. The van der Waals surface area contributed by atoms with Crippen molar-refractivity contribution >= 4 is 16.6 Å². The van der Waals surface area contributed by atoms with Crippen LogP contribution in [0.25, 0.3) is 10.9 Å². The molecule has 1 fully saturated rings. The van der Waals surface area contributed by atoms with Gasteiger partial charge in [-0.1, -0.05) is 18.2 Å². The van der Waals surface area contributed by atoms with Crippen molar-refractivity contribution in [2.45, 2.75) is 63.5 Å². The first-order valence-electron chi connectivity index (χ1n) is 13.0. The van der Waals surface area contributed by atoms with E-state index in [0.717, 1.165) is 27.8 Å². The van der Waals surface area contributed by atoms with Crippen molar-refractivity contribution in [2.24, 2.45) is 0 Å². The first-order chi connectivity index (χ1) is 18.1. The predicted molar refractivity (Wildman–Crippen MR) is 136 cm³/mol. The number of fused-ring (bicyclic) bond motifs is 3. The first-order valence-corrected chi connectivity index (χ1v) is 13.0. The minimum atomic E-state index is -4.54. The average Bonchev–Trinajstić information content (AvgIpc) is 3.37. The summed E-state index contributed by atoms with van der Waals surface area (Å²) in [7, 11) is 0. The zero-order chi connectivity index (χ0) is 27.2. The lowest BCUT2D eigenvalue weighted by Gasteiger charge is -2.41. The number of H-pyrrole nitrogens is 1. The molecule has 0 amide bonds. The molecule has 0 bridgehead atoms. The number of hydrogen-bond donors (Lipinski definition) is 2. The number of halogens is 6. The molecule has 0 unspecified atom stereocenters. The number of likely N-dealkylation sites (tertiary alicyclic amines) is 1. The Bertz CT molecular complexity index is 1270. The van der Waals surface area contributed by atoms with Gasteiger partial charge in [-0.05, 0) is 56.9 Å². The summed E-state index contributed by atoms with van der Waals surface area (Å²) < 4.78 is 85.0. The first kappa shape index (κ1) is 26.9. The van der Waals surface area contributed by atoms with E-state index in [1.165, 1.54) is 12.1 Å². The van der Waals surface area contributed by atoms with Gasteiger partial charge in [0, 0.05) is 59.1 Å². The Balaban J connectivity index is 1.50. The van der Waals surface area contributed by atoms with Gasteiger partial charge >= 0.3 is 6.18 Å². The molecule has 2 aliphatic rings. The van der Waals surface area contributed by atoms with Crippen LogP contribution in [-0.2, 0) is 6.42 Å². The van der Waals surface area contributed by atoms with Crippen molar-refractivity contribution in [1.29, 1.82) is 0 Å². The minimum absolute atomic E-state index is 0.0778. The van der Waals surface area contributed by atoms with Crippen LogP contribution in [0.3, 0.4) is 0 Å². The molecule has 10 heteroatoms. The van der Waals surface area contributed by atoms with Crippen molar-refractivity contribution in [1.82, 2.24) is 14.8 Å². The second kappa shape index (κ2) is 10.4. The standard InChI is InChI=1S/C28H32F6N4/c1-16-10-19(14-37(16)9-5-8-29)35-18-12-22(30)25(23(31)13-18)27-26-21(20-6-3-4-7-24(20)36-26)11-17(2)38(27)15-28(32,33)34/h3-4,6-7,12-13,16-17,19,27,35-36H,5,8-11,14-15H2,1-2H3/t16-,17+,19+,27+/m0/s1. The van der Waals surface area contributed by atoms with Crippen LogP contribution in [0.4, 0.5) is 32.0 Å². The molecule has 206 valence electrons. The number of nitrogens with zero attached hydrogens (tertiary/aromatic N) is 2. The molecular formula is C28H32F6N4. The molecule has 38 heavy (non-hydrogen) atoms. The van der Waals surface area contributed by atoms with Crippen molar-refractivity contribution in [3.63, 3.8) is 0 Å². The van der Waals surface area contributed by atoms with Crippen LogP contribution >= 0.6 is 0 Å². The van der Waals surface area contributed by atoms with Crippen molar-refractivity contribution in [2.75, 3.05) is 31.6 Å². The number of benzene rings is 2. The SMILES string of the molecule is C[C@@H]1Cc2c([nH]c3ccccc23)[C@@H](c2c(F)cc(N[C@@H]3C[C@H](C)N(CCCF)C3)cc2F)N1CC(F)(F)F. The van der Waals surface area contributed by atoms with Crippen LogP contribution < -0.4 is 5.32 Å². The summed E-state index contributed by atoms with van der Waals surface area (Å²) in [5, 5.41) is 4.02. The number of nitrogens with one attached hydrogen (secondary N) is 2. The second-order valence-corrected chi connectivity index (χ2v) is 10.6. The average molecular weight is 539 g/mol. The van der Waals surface area contributed by atoms with Gasteiger partial charge in [0.15, 0.2) is 0 Å². The van der Waals surface area contributed by atoms with E-state index in [9.17, 15) is 17.6 Å². The van der Waals surface area contributed by atoms with Crippen LogP contribution in [-0.4, -0.2) is 65.4 Å². The van der Waals surface area contributed by atoms with E-state index < -0.39 is 48.7 Å². The molecule has 5 rings (SSSR count). The van der Waals surface area contributed by atoms with E-state index in [2.05, 4.69) is 15.2 Å². The Morgan fingerprint density at radius 2 is 1.76 bits per heavy atom. The monoisotopic (exact) mass is 538 g/mol. The molecule has 0 aliphatic carbocycles. The van der Waals surface area contributed by atoms with Gasteiger partial charge < -0.3 is 10.3 Å². The number of para-hydroxylation sites is 1. The zero-order valence-electron chi connectivity index (χ0n) is 21.4. The van der Waals surface area contributed by atoms with Gasteiger partial charge in [0.1, 0.15) is 11.6 Å². The summed E-state index contributed by atoms with van der Waals surface area (Å²) >= 11 is 0. The Morgan fingerprint density at radius 3 is 2.45 bits per heavy atom.